The standard InChI is InChI=1S/C9H9Cl2N3O2/c10-6-3-1-2-5(7(6)11)4-13-8(15)9(16)14-12/h1-3H,4,12H2,(H,13,15)(H,14,16). The van der Waals surface area contributed by atoms with Crippen molar-refractivity contribution in [3.8, 4) is 0 Å². The molecule has 7 heteroatoms. The van der Waals surface area contributed by atoms with Crippen LogP contribution in [0.1, 0.15) is 5.56 Å². The minimum atomic E-state index is -0.918. The maximum atomic E-state index is 11.1. The number of amides is 2. The lowest BCUT2D eigenvalue weighted by Gasteiger charge is -2.06. The van der Waals surface area contributed by atoms with Crippen molar-refractivity contribution in [2.75, 3.05) is 0 Å². The Labute approximate surface area is 102 Å². The van der Waals surface area contributed by atoms with Gasteiger partial charge in [-0.05, 0) is 11.6 Å². The number of hydrogen-bond acceptors (Lipinski definition) is 3. The third-order valence-corrected chi connectivity index (χ3v) is 2.67. The van der Waals surface area contributed by atoms with E-state index in [2.05, 4.69) is 5.32 Å². The third kappa shape index (κ3) is 3.10. The second-order valence-corrected chi connectivity index (χ2v) is 3.65. The first-order valence-corrected chi connectivity index (χ1v) is 5.03. The SMILES string of the molecule is NNC(=O)C(=O)NCc1cccc(Cl)c1Cl. The average molecular weight is 262 g/mol. The molecule has 1 aromatic carbocycles. The van der Waals surface area contributed by atoms with Gasteiger partial charge in [-0.15, -0.1) is 0 Å². The number of nitrogens with one attached hydrogen (secondary N) is 2. The highest BCUT2D eigenvalue weighted by Gasteiger charge is 2.12. The van der Waals surface area contributed by atoms with Crippen LogP contribution in [0.5, 0.6) is 0 Å². The van der Waals surface area contributed by atoms with Crippen molar-refractivity contribution in [2.24, 2.45) is 5.84 Å². The van der Waals surface area contributed by atoms with E-state index in [-0.39, 0.29) is 6.54 Å². The summed E-state index contributed by atoms with van der Waals surface area (Å²) < 4.78 is 0. The van der Waals surface area contributed by atoms with Crippen molar-refractivity contribution >= 4 is 35.0 Å². The topological polar surface area (TPSA) is 84.2 Å². The minimum absolute atomic E-state index is 0.103. The maximum Gasteiger partial charge on any atom is 0.323 e. The van der Waals surface area contributed by atoms with Crippen LogP contribution in [0.3, 0.4) is 0 Å². The Morgan fingerprint density at radius 1 is 1.25 bits per heavy atom. The number of nitrogens with two attached hydrogens (primary N) is 1. The van der Waals surface area contributed by atoms with Gasteiger partial charge in [0.2, 0.25) is 0 Å². The van der Waals surface area contributed by atoms with Crippen LogP contribution >= 0.6 is 23.2 Å². The van der Waals surface area contributed by atoms with Crippen LogP contribution in [0.25, 0.3) is 0 Å². The molecular weight excluding hydrogens is 253 g/mol. The quantitative estimate of drug-likeness (QED) is 0.316. The summed E-state index contributed by atoms with van der Waals surface area (Å²) in [7, 11) is 0. The first-order valence-electron chi connectivity index (χ1n) is 4.28. The van der Waals surface area contributed by atoms with Crippen LogP contribution in [-0.4, -0.2) is 11.8 Å². The molecule has 0 aliphatic rings. The van der Waals surface area contributed by atoms with Crippen molar-refractivity contribution in [3.63, 3.8) is 0 Å². The van der Waals surface area contributed by atoms with Crippen molar-refractivity contribution < 1.29 is 9.59 Å². The van der Waals surface area contributed by atoms with E-state index in [0.29, 0.717) is 15.6 Å². The van der Waals surface area contributed by atoms with Gasteiger partial charge in [-0.2, -0.15) is 0 Å². The molecule has 5 nitrogen and oxygen atoms in total. The minimum Gasteiger partial charge on any atom is -0.344 e. The predicted octanol–water partition coefficient (Wildman–Crippen LogP) is 0.600. The molecule has 0 radical (unpaired) electrons. The predicted molar refractivity (Wildman–Crippen MR) is 60.6 cm³/mol. The Balaban J connectivity index is 2.65. The zero-order chi connectivity index (χ0) is 12.1. The Morgan fingerprint density at radius 3 is 2.56 bits per heavy atom. The molecule has 0 saturated carbocycles. The number of rotatable bonds is 2. The second kappa shape index (κ2) is 5.69. The van der Waals surface area contributed by atoms with E-state index in [4.69, 9.17) is 29.0 Å². The van der Waals surface area contributed by atoms with Crippen LogP contribution in [0, 0.1) is 0 Å². The van der Waals surface area contributed by atoms with Gasteiger partial charge in [-0.1, -0.05) is 35.3 Å². The van der Waals surface area contributed by atoms with Gasteiger partial charge in [0.1, 0.15) is 0 Å². The number of halogens is 2. The van der Waals surface area contributed by atoms with Gasteiger partial charge < -0.3 is 5.32 Å². The third-order valence-electron chi connectivity index (χ3n) is 1.81. The van der Waals surface area contributed by atoms with Gasteiger partial charge in [0.25, 0.3) is 0 Å². The number of carbonyl (C=O) groups excluding carboxylic acids is 2. The fourth-order valence-electron chi connectivity index (χ4n) is 1.01. The monoisotopic (exact) mass is 261 g/mol. The van der Waals surface area contributed by atoms with Gasteiger partial charge in [0, 0.05) is 6.54 Å². The lowest BCUT2D eigenvalue weighted by Crippen LogP contribution is -2.42. The van der Waals surface area contributed by atoms with E-state index in [1.165, 1.54) is 0 Å². The Hall–Kier alpha value is -1.30. The van der Waals surface area contributed by atoms with Gasteiger partial charge >= 0.3 is 11.8 Å². The van der Waals surface area contributed by atoms with E-state index < -0.39 is 11.8 Å². The van der Waals surface area contributed by atoms with E-state index in [0.717, 1.165) is 0 Å². The summed E-state index contributed by atoms with van der Waals surface area (Å²) in [5, 5.41) is 3.07. The lowest BCUT2D eigenvalue weighted by atomic mass is 10.2. The van der Waals surface area contributed by atoms with E-state index in [1.807, 2.05) is 0 Å². The highest BCUT2D eigenvalue weighted by Crippen LogP contribution is 2.25. The van der Waals surface area contributed by atoms with Crippen LogP contribution in [0.15, 0.2) is 18.2 Å². The Bertz CT molecular complexity index is 423. The number of carbonyl (C=O) groups is 2. The molecule has 2 amide bonds. The molecule has 16 heavy (non-hydrogen) atoms. The molecule has 0 heterocycles. The first kappa shape index (κ1) is 12.8. The summed E-state index contributed by atoms with van der Waals surface area (Å²) >= 11 is 11.7. The zero-order valence-corrected chi connectivity index (χ0v) is 9.60. The van der Waals surface area contributed by atoms with Gasteiger partial charge in [-0.3, -0.25) is 15.0 Å². The van der Waals surface area contributed by atoms with Crippen molar-refractivity contribution in [2.45, 2.75) is 6.54 Å². The van der Waals surface area contributed by atoms with Crippen molar-refractivity contribution in [1.29, 1.82) is 0 Å². The van der Waals surface area contributed by atoms with Gasteiger partial charge in [0.05, 0.1) is 10.0 Å². The summed E-state index contributed by atoms with van der Waals surface area (Å²) in [5.74, 6) is 3.04. The number of benzene rings is 1. The second-order valence-electron chi connectivity index (χ2n) is 2.87. The fraction of sp³-hybridized carbons (Fsp3) is 0.111. The molecule has 0 saturated heterocycles. The largest absolute Gasteiger partial charge is 0.344 e. The zero-order valence-electron chi connectivity index (χ0n) is 8.09. The summed E-state index contributed by atoms with van der Waals surface area (Å²) in [6.45, 7) is 0.103. The molecule has 0 atom stereocenters. The summed E-state index contributed by atoms with van der Waals surface area (Å²) in [4.78, 5) is 21.8. The van der Waals surface area contributed by atoms with Crippen LogP contribution in [0.2, 0.25) is 10.0 Å². The average Bonchev–Trinajstić information content (AvgIpc) is 2.29. The lowest BCUT2D eigenvalue weighted by molar-refractivity contribution is -0.139. The summed E-state index contributed by atoms with van der Waals surface area (Å²) in [6, 6.07) is 5.01. The van der Waals surface area contributed by atoms with E-state index >= 15 is 0 Å². The van der Waals surface area contributed by atoms with Crippen LogP contribution in [-0.2, 0) is 16.1 Å². The molecular formula is C9H9Cl2N3O2. The molecule has 0 bridgehead atoms. The van der Waals surface area contributed by atoms with Gasteiger partial charge in [0.15, 0.2) is 0 Å². The highest BCUT2D eigenvalue weighted by atomic mass is 35.5. The Kier molecular flexibility index (Phi) is 4.54. The molecule has 1 rings (SSSR count). The molecule has 4 N–H and O–H groups in total. The first-order chi connectivity index (χ1) is 7.56. The molecule has 0 fully saturated rings. The molecule has 0 aliphatic carbocycles. The Morgan fingerprint density at radius 2 is 1.94 bits per heavy atom. The van der Waals surface area contributed by atoms with Crippen molar-refractivity contribution in [1.82, 2.24) is 10.7 Å². The molecule has 0 unspecified atom stereocenters. The normalized spacial score (nSPS) is 9.69. The van der Waals surface area contributed by atoms with Crippen molar-refractivity contribution in [3.05, 3.63) is 33.8 Å². The van der Waals surface area contributed by atoms with Crippen LogP contribution < -0.4 is 16.6 Å². The smallest absolute Gasteiger partial charge is 0.323 e. The van der Waals surface area contributed by atoms with Gasteiger partial charge in [-0.25, -0.2) is 5.84 Å². The number of hydrazine groups is 1. The molecule has 0 aliphatic heterocycles. The fourth-order valence-corrected chi connectivity index (χ4v) is 1.39. The van der Waals surface area contributed by atoms with Crippen LogP contribution in [0.4, 0.5) is 0 Å². The molecule has 0 spiro atoms. The highest BCUT2D eigenvalue weighted by molar-refractivity contribution is 6.42. The maximum absolute atomic E-state index is 11.1. The molecule has 86 valence electrons. The van der Waals surface area contributed by atoms with E-state index in [9.17, 15) is 9.59 Å². The number of hydrogen-bond donors (Lipinski definition) is 3. The molecule has 0 aromatic heterocycles. The summed E-state index contributed by atoms with van der Waals surface area (Å²) in [5.41, 5.74) is 2.33. The summed E-state index contributed by atoms with van der Waals surface area (Å²) in [6.07, 6.45) is 0. The van der Waals surface area contributed by atoms with E-state index in [1.54, 1.807) is 23.6 Å². The molecule has 1 aromatic rings.